The van der Waals surface area contributed by atoms with Gasteiger partial charge in [0, 0.05) is 11.1 Å². The molecule has 0 aliphatic rings. The van der Waals surface area contributed by atoms with E-state index in [4.69, 9.17) is 27.9 Å². The van der Waals surface area contributed by atoms with Gasteiger partial charge in [-0.05, 0) is 25.1 Å². The molecular weight excluding hydrogens is 371 g/mol. The lowest BCUT2D eigenvalue weighted by Gasteiger charge is -2.13. The van der Waals surface area contributed by atoms with Crippen LogP contribution in [0.4, 0.5) is 5.82 Å². The number of amides is 1. The molecule has 0 fully saturated rings. The molecule has 126 valence electrons. The number of nitrogens with zero attached hydrogens (tertiary/aromatic N) is 1. The minimum atomic E-state index is -0.970. The number of hydrogen-bond donors (Lipinski definition) is 1. The number of benzene rings is 1. The van der Waals surface area contributed by atoms with Crippen molar-refractivity contribution in [3.8, 4) is 0 Å². The Hall–Kier alpha value is -1.76. The molecule has 8 heteroatoms. The van der Waals surface area contributed by atoms with E-state index in [0.29, 0.717) is 5.02 Å². The number of hydrogen-bond acceptors (Lipinski definition) is 5. The lowest BCUT2D eigenvalue weighted by molar-refractivity contribution is -0.150. The van der Waals surface area contributed by atoms with Crippen LogP contribution in [-0.2, 0) is 14.3 Å². The number of rotatable bonds is 6. The molecule has 0 radical (unpaired) electrons. The molecule has 1 amide bonds. The van der Waals surface area contributed by atoms with Crippen molar-refractivity contribution in [2.24, 2.45) is 0 Å². The molecule has 1 aromatic carbocycles. The van der Waals surface area contributed by atoms with Crippen molar-refractivity contribution in [1.82, 2.24) is 4.98 Å². The summed E-state index contributed by atoms with van der Waals surface area (Å²) in [6.07, 6.45) is 0.387. The van der Waals surface area contributed by atoms with Gasteiger partial charge in [-0.3, -0.25) is 9.59 Å². The minimum Gasteiger partial charge on any atom is -0.452 e. The third-order valence-electron chi connectivity index (χ3n) is 2.83. The predicted octanol–water partition coefficient (Wildman–Crippen LogP) is 4.05. The van der Waals surface area contributed by atoms with Crippen molar-refractivity contribution in [1.29, 1.82) is 0 Å². The fraction of sp³-hybridized carbons (Fsp3) is 0.188. The number of ether oxygens (including phenoxy) is 1. The number of halogens is 2. The van der Waals surface area contributed by atoms with Crippen molar-refractivity contribution in [2.75, 3.05) is 11.1 Å². The standard InChI is InChI=1S/C16H14Cl2N2O3S/c1-10(16(22)20-15-13(18)7-11(17)8-19-15)23-14(21)9-24-12-5-3-2-4-6-12/h2-8,10H,9H2,1H3,(H,19,20,22)/t10-/m1/s1. The van der Waals surface area contributed by atoms with Gasteiger partial charge in [0.2, 0.25) is 0 Å². The van der Waals surface area contributed by atoms with Crippen LogP contribution in [0.1, 0.15) is 6.92 Å². The summed E-state index contributed by atoms with van der Waals surface area (Å²) in [6.45, 7) is 1.48. The molecule has 2 rings (SSSR count). The zero-order valence-corrected chi connectivity index (χ0v) is 15.0. The van der Waals surface area contributed by atoms with E-state index in [2.05, 4.69) is 10.3 Å². The fourth-order valence-corrected chi connectivity index (χ4v) is 2.80. The van der Waals surface area contributed by atoms with Gasteiger partial charge in [0.1, 0.15) is 0 Å². The molecule has 1 atom stereocenters. The van der Waals surface area contributed by atoms with Gasteiger partial charge in [0.15, 0.2) is 11.9 Å². The molecule has 5 nitrogen and oxygen atoms in total. The molecule has 0 saturated heterocycles. The van der Waals surface area contributed by atoms with Crippen molar-refractivity contribution in [3.63, 3.8) is 0 Å². The highest BCUT2D eigenvalue weighted by Crippen LogP contribution is 2.23. The first-order valence-corrected chi connectivity index (χ1v) is 8.69. The minimum absolute atomic E-state index is 0.113. The quantitative estimate of drug-likeness (QED) is 0.600. The summed E-state index contributed by atoms with van der Waals surface area (Å²) in [5.74, 6) is -0.735. The van der Waals surface area contributed by atoms with Crippen molar-refractivity contribution >= 4 is 52.7 Å². The van der Waals surface area contributed by atoms with Gasteiger partial charge in [0.05, 0.1) is 15.8 Å². The third-order valence-corrected chi connectivity index (χ3v) is 4.31. The summed E-state index contributed by atoms with van der Waals surface area (Å²) in [7, 11) is 0. The largest absolute Gasteiger partial charge is 0.452 e. The van der Waals surface area contributed by atoms with Crippen molar-refractivity contribution in [2.45, 2.75) is 17.9 Å². The second-order valence-corrected chi connectivity index (χ2v) is 6.60. The van der Waals surface area contributed by atoms with E-state index in [9.17, 15) is 9.59 Å². The first-order valence-electron chi connectivity index (χ1n) is 6.95. The average Bonchev–Trinajstić information content (AvgIpc) is 2.56. The number of carbonyl (C=O) groups excluding carboxylic acids is 2. The highest BCUT2D eigenvalue weighted by atomic mass is 35.5. The van der Waals surface area contributed by atoms with Crippen LogP contribution < -0.4 is 5.32 Å². The molecule has 0 aliphatic heterocycles. The summed E-state index contributed by atoms with van der Waals surface area (Å²) < 4.78 is 5.10. The van der Waals surface area contributed by atoms with Crippen LogP contribution in [0.2, 0.25) is 10.0 Å². The highest BCUT2D eigenvalue weighted by Gasteiger charge is 2.19. The molecule has 0 bridgehead atoms. The number of carbonyl (C=O) groups is 2. The molecule has 0 spiro atoms. The molecule has 0 saturated carbocycles. The summed E-state index contributed by atoms with van der Waals surface area (Å²) >= 11 is 13.0. The van der Waals surface area contributed by atoms with Crippen LogP contribution in [0.3, 0.4) is 0 Å². The first kappa shape index (κ1) is 18.6. The predicted molar refractivity (Wildman–Crippen MR) is 95.6 cm³/mol. The van der Waals surface area contributed by atoms with E-state index < -0.39 is 18.0 Å². The van der Waals surface area contributed by atoms with E-state index in [0.717, 1.165) is 4.90 Å². The van der Waals surface area contributed by atoms with Gasteiger partial charge in [0.25, 0.3) is 5.91 Å². The Morgan fingerprint density at radius 3 is 2.67 bits per heavy atom. The van der Waals surface area contributed by atoms with E-state index in [1.165, 1.54) is 30.9 Å². The molecule has 1 heterocycles. The van der Waals surface area contributed by atoms with E-state index >= 15 is 0 Å². The summed E-state index contributed by atoms with van der Waals surface area (Å²) in [6, 6.07) is 10.9. The average molecular weight is 385 g/mol. The zero-order chi connectivity index (χ0) is 17.5. The highest BCUT2D eigenvalue weighted by molar-refractivity contribution is 8.00. The number of thioether (sulfide) groups is 1. The third kappa shape index (κ3) is 5.70. The van der Waals surface area contributed by atoms with Gasteiger partial charge in [-0.25, -0.2) is 4.98 Å². The molecule has 1 aromatic heterocycles. The van der Waals surface area contributed by atoms with Crippen LogP contribution in [-0.4, -0.2) is 28.7 Å². The SMILES string of the molecule is C[C@@H](OC(=O)CSc1ccccc1)C(=O)Nc1ncc(Cl)cc1Cl. The molecule has 0 unspecified atom stereocenters. The summed E-state index contributed by atoms with van der Waals surface area (Å²) in [5, 5.41) is 3.05. The molecule has 0 aliphatic carbocycles. The molecule has 24 heavy (non-hydrogen) atoms. The van der Waals surface area contributed by atoms with Gasteiger partial charge < -0.3 is 10.1 Å². The Balaban J connectivity index is 1.83. The number of pyridine rings is 1. The lowest BCUT2D eigenvalue weighted by Crippen LogP contribution is -2.30. The monoisotopic (exact) mass is 384 g/mol. The molecular formula is C16H14Cl2N2O3S. The van der Waals surface area contributed by atoms with Gasteiger partial charge in [-0.1, -0.05) is 41.4 Å². The summed E-state index contributed by atoms with van der Waals surface area (Å²) in [5.41, 5.74) is 0. The number of esters is 1. The number of anilines is 1. The second-order valence-electron chi connectivity index (χ2n) is 4.71. The topological polar surface area (TPSA) is 68.3 Å². The van der Waals surface area contributed by atoms with E-state index in [1.54, 1.807) is 0 Å². The lowest BCUT2D eigenvalue weighted by atomic mass is 10.3. The Kier molecular flexibility index (Phi) is 6.90. The molecule has 2 aromatic rings. The van der Waals surface area contributed by atoms with Crippen molar-refractivity contribution in [3.05, 3.63) is 52.6 Å². The maximum absolute atomic E-state index is 12.0. The second kappa shape index (κ2) is 8.92. The van der Waals surface area contributed by atoms with Gasteiger partial charge in [-0.2, -0.15) is 0 Å². The van der Waals surface area contributed by atoms with Gasteiger partial charge in [-0.15, -0.1) is 11.8 Å². The Morgan fingerprint density at radius 1 is 1.29 bits per heavy atom. The van der Waals surface area contributed by atoms with E-state index in [1.807, 2.05) is 30.3 Å². The molecule has 1 N–H and O–H groups in total. The maximum Gasteiger partial charge on any atom is 0.317 e. The van der Waals surface area contributed by atoms with Gasteiger partial charge >= 0.3 is 5.97 Å². The van der Waals surface area contributed by atoms with Crippen LogP contribution in [0.15, 0.2) is 47.5 Å². The van der Waals surface area contributed by atoms with E-state index in [-0.39, 0.29) is 16.6 Å². The number of aromatic nitrogens is 1. The fourth-order valence-electron chi connectivity index (χ4n) is 1.67. The Labute approximate surface area is 153 Å². The zero-order valence-electron chi connectivity index (χ0n) is 12.7. The summed E-state index contributed by atoms with van der Waals surface area (Å²) in [4.78, 5) is 28.7. The number of nitrogens with one attached hydrogen (secondary N) is 1. The maximum atomic E-state index is 12.0. The Bertz CT molecular complexity index is 729. The first-order chi connectivity index (χ1) is 11.5. The van der Waals surface area contributed by atoms with Crippen LogP contribution >= 0.6 is 35.0 Å². The van der Waals surface area contributed by atoms with Crippen LogP contribution in [0.5, 0.6) is 0 Å². The van der Waals surface area contributed by atoms with Crippen LogP contribution in [0, 0.1) is 0 Å². The smallest absolute Gasteiger partial charge is 0.317 e. The Morgan fingerprint density at radius 2 is 2.00 bits per heavy atom. The normalized spacial score (nSPS) is 11.6. The van der Waals surface area contributed by atoms with Crippen molar-refractivity contribution < 1.29 is 14.3 Å². The van der Waals surface area contributed by atoms with Crippen LogP contribution in [0.25, 0.3) is 0 Å².